The van der Waals surface area contributed by atoms with Crippen molar-refractivity contribution in [1.29, 1.82) is 0 Å². The normalized spacial score (nSPS) is 12.6. The van der Waals surface area contributed by atoms with E-state index in [0.717, 1.165) is 18.2 Å². The van der Waals surface area contributed by atoms with Gasteiger partial charge in [0.15, 0.2) is 0 Å². The molecule has 10 heteroatoms. The standard InChI is InChI=1S/C10H6ClF6NOS/c11-5-3-4(7(18)20)1-2-6(5)19-8(9(12,13)14)10(15,16)17/h1-3,8H,(H2,18,20). The van der Waals surface area contributed by atoms with E-state index in [1.807, 2.05) is 0 Å². The smallest absolute Gasteiger partial charge is 0.434 e. The topological polar surface area (TPSA) is 35.2 Å². The lowest BCUT2D eigenvalue weighted by molar-refractivity contribution is -0.299. The quantitative estimate of drug-likeness (QED) is 0.672. The fourth-order valence-corrected chi connectivity index (χ4v) is 1.55. The fraction of sp³-hybridized carbons (Fsp3) is 0.300. The Morgan fingerprint density at radius 2 is 1.65 bits per heavy atom. The second-order valence-corrected chi connectivity index (χ2v) is 4.44. The molecular formula is C10H6ClF6NOS. The maximum Gasteiger partial charge on any atom is 0.434 e. The van der Waals surface area contributed by atoms with Crippen LogP contribution in [0.15, 0.2) is 18.2 Å². The van der Waals surface area contributed by atoms with Gasteiger partial charge in [-0.2, -0.15) is 26.3 Å². The minimum Gasteiger partial charge on any atom is -0.470 e. The Labute approximate surface area is 119 Å². The van der Waals surface area contributed by atoms with Crippen LogP contribution < -0.4 is 10.5 Å². The van der Waals surface area contributed by atoms with Crippen molar-refractivity contribution in [3.05, 3.63) is 28.8 Å². The molecule has 0 saturated heterocycles. The van der Waals surface area contributed by atoms with E-state index in [4.69, 9.17) is 17.3 Å². The molecule has 0 aromatic heterocycles. The van der Waals surface area contributed by atoms with Crippen molar-refractivity contribution in [2.45, 2.75) is 18.5 Å². The highest BCUT2D eigenvalue weighted by Crippen LogP contribution is 2.38. The molecule has 2 nitrogen and oxygen atoms in total. The number of halogens is 7. The van der Waals surface area contributed by atoms with E-state index in [1.54, 1.807) is 0 Å². The fourth-order valence-electron chi connectivity index (χ4n) is 1.20. The molecule has 0 saturated carbocycles. The van der Waals surface area contributed by atoms with E-state index in [0.29, 0.717) is 0 Å². The summed E-state index contributed by atoms with van der Waals surface area (Å²) in [5.41, 5.74) is 5.43. The highest BCUT2D eigenvalue weighted by atomic mass is 35.5. The molecule has 0 amide bonds. The van der Waals surface area contributed by atoms with Crippen LogP contribution in [0, 0.1) is 0 Å². The van der Waals surface area contributed by atoms with Crippen molar-refractivity contribution in [3.8, 4) is 5.75 Å². The van der Waals surface area contributed by atoms with Crippen LogP contribution in [-0.2, 0) is 0 Å². The molecule has 0 atom stereocenters. The Hall–Kier alpha value is -1.22. The molecule has 2 N–H and O–H groups in total. The van der Waals surface area contributed by atoms with Crippen molar-refractivity contribution in [2.24, 2.45) is 5.73 Å². The number of benzene rings is 1. The first kappa shape index (κ1) is 16.8. The van der Waals surface area contributed by atoms with Gasteiger partial charge in [-0.25, -0.2) is 0 Å². The summed E-state index contributed by atoms with van der Waals surface area (Å²) in [6.07, 6.45) is -15.2. The SMILES string of the molecule is NC(=S)c1ccc(OC(C(F)(F)F)C(F)(F)F)c(Cl)c1. The van der Waals surface area contributed by atoms with Crippen LogP contribution in [-0.4, -0.2) is 23.4 Å². The minimum atomic E-state index is -5.62. The summed E-state index contributed by atoms with van der Waals surface area (Å²) in [4.78, 5) is -0.110. The van der Waals surface area contributed by atoms with Crippen LogP contribution in [0.3, 0.4) is 0 Å². The maximum atomic E-state index is 12.3. The molecule has 112 valence electrons. The highest BCUT2D eigenvalue weighted by Gasteiger charge is 2.59. The zero-order valence-electron chi connectivity index (χ0n) is 9.35. The van der Waals surface area contributed by atoms with Gasteiger partial charge in [-0.15, -0.1) is 0 Å². The Bertz CT molecular complexity index is 501. The molecule has 0 aliphatic carbocycles. The minimum absolute atomic E-state index is 0.110. The molecule has 0 spiro atoms. The predicted molar refractivity (Wildman–Crippen MR) is 63.9 cm³/mol. The number of nitrogens with two attached hydrogens (primary N) is 1. The van der Waals surface area contributed by atoms with Gasteiger partial charge in [0.2, 0.25) is 0 Å². The lowest BCUT2D eigenvalue weighted by atomic mass is 10.2. The molecule has 0 aliphatic heterocycles. The van der Waals surface area contributed by atoms with Crippen LogP contribution in [0.25, 0.3) is 0 Å². The molecule has 0 bridgehead atoms. The number of hydrogen-bond acceptors (Lipinski definition) is 2. The van der Waals surface area contributed by atoms with E-state index >= 15 is 0 Å². The van der Waals surface area contributed by atoms with Gasteiger partial charge in [-0.3, -0.25) is 0 Å². The number of ether oxygens (including phenoxy) is 1. The monoisotopic (exact) mass is 337 g/mol. The van der Waals surface area contributed by atoms with Crippen LogP contribution >= 0.6 is 23.8 Å². The average Bonchev–Trinajstić information content (AvgIpc) is 2.23. The molecule has 0 heterocycles. The Balaban J connectivity index is 3.10. The molecule has 1 aromatic carbocycles. The second-order valence-electron chi connectivity index (χ2n) is 3.59. The van der Waals surface area contributed by atoms with Gasteiger partial charge in [0, 0.05) is 5.56 Å². The Morgan fingerprint density at radius 3 is 2.00 bits per heavy atom. The Kier molecular flexibility index (Phi) is 4.75. The summed E-state index contributed by atoms with van der Waals surface area (Å²) in [7, 11) is 0. The number of hydrogen-bond donors (Lipinski definition) is 1. The maximum absolute atomic E-state index is 12.3. The predicted octanol–water partition coefficient (Wildman–Crippen LogP) is 3.85. The molecule has 0 unspecified atom stereocenters. The summed E-state index contributed by atoms with van der Waals surface area (Å²) < 4.78 is 77.8. The van der Waals surface area contributed by atoms with E-state index in [1.165, 1.54) is 0 Å². The largest absolute Gasteiger partial charge is 0.470 e. The van der Waals surface area contributed by atoms with Gasteiger partial charge < -0.3 is 10.5 Å². The molecule has 0 aliphatic rings. The van der Waals surface area contributed by atoms with Crippen molar-refractivity contribution in [2.75, 3.05) is 0 Å². The van der Waals surface area contributed by atoms with Crippen LogP contribution in [0.1, 0.15) is 5.56 Å². The first-order chi connectivity index (χ1) is 8.93. The van der Waals surface area contributed by atoms with Gasteiger partial charge >= 0.3 is 12.4 Å². The summed E-state index contributed by atoms with van der Waals surface area (Å²) in [6, 6.07) is 2.96. The number of rotatable bonds is 3. The van der Waals surface area contributed by atoms with Crippen molar-refractivity contribution in [1.82, 2.24) is 0 Å². The number of thiocarbonyl (C=S) groups is 1. The average molecular weight is 338 g/mol. The zero-order chi connectivity index (χ0) is 15.7. The van der Waals surface area contributed by atoms with Crippen molar-refractivity contribution < 1.29 is 31.1 Å². The van der Waals surface area contributed by atoms with Gasteiger partial charge in [-0.05, 0) is 18.2 Å². The summed E-state index contributed by atoms with van der Waals surface area (Å²) in [5.74, 6) is -0.772. The van der Waals surface area contributed by atoms with Crippen molar-refractivity contribution in [3.63, 3.8) is 0 Å². The van der Waals surface area contributed by atoms with E-state index in [2.05, 4.69) is 17.0 Å². The lowest BCUT2D eigenvalue weighted by Crippen LogP contribution is -2.46. The first-order valence-corrected chi connectivity index (χ1v) is 5.61. The van der Waals surface area contributed by atoms with Crippen LogP contribution in [0.5, 0.6) is 5.75 Å². The molecule has 1 aromatic rings. The van der Waals surface area contributed by atoms with E-state index in [-0.39, 0.29) is 10.6 Å². The van der Waals surface area contributed by atoms with Gasteiger partial charge in [-0.1, -0.05) is 23.8 Å². The second kappa shape index (κ2) is 5.65. The third-order valence-electron chi connectivity index (χ3n) is 2.06. The first-order valence-electron chi connectivity index (χ1n) is 4.82. The molecule has 0 radical (unpaired) electrons. The van der Waals surface area contributed by atoms with Gasteiger partial charge in [0.1, 0.15) is 10.7 Å². The lowest BCUT2D eigenvalue weighted by Gasteiger charge is -2.24. The van der Waals surface area contributed by atoms with E-state index in [9.17, 15) is 26.3 Å². The number of alkyl halides is 6. The highest BCUT2D eigenvalue weighted by molar-refractivity contribution is 7.80. The van der Waals surface area contributed by atoms with Crippen molar-refractivity contribution >= 4 is 28.8 Å². The van der Waals surface area contributed by atoms with Gasteiger partial charge in [0.25, 0.3) is 6.10 Å². The summed E-state index contributed by atoms with van der Waals surface area (Å²) >= 11 is 10.1. The van der Waals surface area contributed by atoms with E-state index < -0.39 is 29.2 Å². The van der Waals surface area contributed by atoms with Gasteiger partial charge in [0.05, 0.1) is 5.02 Å². The Morgan fingerprint density at radius 1 is 1.15 bits per heavy atom. The molecular weight excluding hydrogens is 332 g/mol. The third kappa shape index (κ3) is 4.14. The van der Waals surface area contributed by atoms with Crippen LogP contribution in [0.4, 0.5) is 26.3 Å². The molecule has 0 fully saturated rings. The van der Waals surface area contributed by atoms with Crippen LogP contribution in [0.2, 0.25) is 5.02 Å². The molecule has 1 rings (SSSR count). The molecule has 20 heavy (non-hydrogen) atoms. The summed E-state index contributed by atoms with van der Waals surface area (Å²) in [6.45, 7) is 0. The zero-order valence-corrected chi connectivity index (χ0v) is 10.9. The third-order valence-corrected chi connectivity index (χ3v) is 2.59. The summed E-state index contributed by atoms with van der Waals surface area (Å²) in [5, 5.41) is -0.464.